The van der Waals surface area contributed by atoms with Crippen molar-refractivity contribution in [1.82, 2.24) is 0 Å². The third-order valence-corrected chi connectivity index (χ3v) is 3.57. The fourth-order valence-electron chi connectivity index (χ4n) is 2.50. The van der Waals surface area contributed by atoms with Crippen molar-refractivity contribution >= 4 is 0 Å². The molecule has 5 heteroatoms. The standard InChI is InChI=1S/C17H20O5/c1-3-9-19-14-10-13-15(22-17(14)18-2)11-20-16(21-13)12-7-5-4-6-8-12/h3-8,10,13,15-17H,1,9,11H2,2H3/t13-,15+,16?,17-/m0/s1. The van der Waals surface area contributed by atoms with Gasteiger partial charge in [0.05, 0.1) is 6.61 Å². The SMILES string of the molecule is C=CCOC1=C[C@@H]2OC(c3ccccc3)OC[C@H]2O[C@@H]1OC. The zero-order chi connectivity index (χ0) is 15.4. The first-order valence-electron chi connectivity index (χ1n) is 7.27. The average Bonchev–Trinajstić information content (AvgIpc) is 2.59. The van der Waals surface area contributed by atoms with Crippen LogP contribution in [0.5, 0.6) is 0 Å². The van der Waals surface area contributed by atoms with Crippen LogP contribution in [0.1, 0.15) is 11.9 Å². The molecule has 4 atom stereocenters. The fraction of sp³-hybridized carbons (Fsp3) is 0.412. The van der Waals surface area contributed by atoms with Crippen LogP contribution in [0.4, 0.5) is 0 Å². The maximum atomic E-state index is 5.99. The summed E-state index contributed by atoms with van der Waals surface area (Å²) in [5, 5.41) is 0. The summed E-state index contributed by atoms with van der Waals surface area (Å²) in [5.41, 5.74) is 0.983. The van der Waals surface area contributed by atoms with Gasteiger partial charge in [0, 0.05) is 12.7 Å². The van der Waals surface area contributed by atoms with Gasteiger partial charge in [0.1, 0.15) is 18.8 Å². The van der Waals surface area contributed by atoms with Crippen LogP contribution >= 0.6 is 0 Å². The van der Waals surface area contributed by atoms with Gasteiger partial charge in [0.2, 0.25) is 6.29 Å². The van der Waals surface area contributed by atoms with Crippen molar-refractivity contribution in [1.29, 1.82) is 0 Å². The highest BCUT2D eigenvalue weighted by Gasteiger charge is 2.39. The molecular formula is C17H20O5. The van der Waals surface area contributed by atoms with E-state index in [1.54, 1.807) is 13.2 Å². The number of rotatable bonds is 5. The number of benzene rings is 1. The second-order valence-corrected chi connectivity index (χ2v) is 5.09. The molecule has 0 saturated carbocycles. The molecular weight excluding hydrogens is 284 g/mol. The van der Waals surface area contributed by atoms with E-state index < -0.39 is 12.6 Å². The summed E-state index contributed by atoms with van der Waals surface area (Å²) in [6.07, 6.45) is 2.21. The van der Waals surface area contributed by atoms with Crippen molar-refractivity contribution in [3.05, 3.63) is 60.4 Å². The number of methoxy groups -OCH3 is 1. The van der Waals surface area contributed by atoms with E-state index in [-0.39, 0.29) is 12.2 Å². The van der Waals surface area contributed by atoms with Gasteiger partial charge in [0.25, 0.3) is 0 Å². The molecule has 0 N–H and O–H groups in total. The smallest absolute Gasteiger partial charge is 0.216 e. The Hall–Kier alpha value is -1.66. The van der Waals surface area contributed by atoms with Gasteiger partial charge >= 0.3 is 0 Å². The molecule has 2 heterocycles. The predicted molar refractivity (Wildman–Crippen MR) is 79.9 cm³/mol. The molecule has 0 radical (unpaired) electrons. The highest BCUT2D eigenvalue weighted by Crippen LogP contribution is 2.33. The van der Waals surface area contributed by atoms with Gasteiger partial charge in [-0.25, -0.2) is 0 Å². The van der Waals surface area contributed by atoms with Gasteiger partial charge in [-0.3, -0.25) is 0 Å². The van der Waals surface area contributed by atoms with E-state index in [0.29, 0.717) is 19.0 Å². The molecule has 0 aromatic heterocycles. The molecule has 3 rings (SSSR count). The minimum absolute atomic E-state index is 0.207. The molecule has 2 aliphatic heterocycles. The molecule has 118 valence electrons. The molecule has 0 aliphatic carbocycles. The molecule has 1 aromatic rings. The molecule has 0 amide bonds. The first-order valence-corrected chi connectivity index (χ1v) is 7.27. The van der Waals surface area contributed by atoms with Crippen molar-refractivity contribution in [3.63, 3.8) is 0 Å². The second kappa shape index (κ2) is 7.07. The lowest BCUT2D eigenvalue weighted by atomic mass is 10.1. The summed E-state index contributed by atoms with van der Waals surface area (Å²) < 4.78 is 28.5. The molecule has 1 saturated heterocycles. The quantitative estimate of drug-likeness (QED) is 0.782. The highest BCUT2D eigenvalue weighted by atomic mass is 16.7. The van der Waals surface area contributed by atoms with Gasteiger partial charge < -0.3 is 23.7 Å². The monoisotopic (exact) mass is 304 g/mol. The van der Waals surface area contributed by atoms with Gasteiger partial charge in [0.15, 0.2) is 12.0 Å². The molecule has 22 heavy (non-hydrogen) atoms. The summed E-state index contributed by atoms with van der Waals surface area (Å²) in [5.74, 6) is 0.609. The Morgan fingerprint density at radius 3 is 2.82 bits per heavy atom. The summed E-state index contributed by atoms with van der Waals surface area (Å²) in [4.78, 5) is 0. The van der Waals surface area contributed by atoms with Crippen molar-refractivity contribution in [2.75, 3.05) is 20.3 Å². The topological polar surface area (TPSA) is 46.2 Å². The lowest BCUT2D eigenvalue weighted by Crippen LogP contribution is -2.47. The Balaban J connectivity index is 1.75. The van der Waals surface area contributed by atoms with Gasteiger partial charge in [-0.1, -0.05) is 43.0 Å². The summed E-state index contributed by atoms with van der Waals surface area (Å²) in [7, 11) is 1.58. The lowest BCUT2D eigenvalue weighted by molar-refractivity contribution is -0.289. The van der Waals surface area contributed by atoms with E-state index in [2.05, 4.69) is 6.58 Å². The maximum Gasteiger partial charge on any atom is 0.216 e. The molecule has 0 spiro atoms. The number of hydrogen-bond acceptors (Lipinski definition) is 5. The van der Waals surface area contributed by atoms with E-state index in [9.17, 15) is 0 Å². The first-order chi connectivity index (χ1) is 10.8. The van der Waals surface area contributed by atoms with Crippen LogP contribution in [0.2, 0.25) is 0 Å². The fourth-order valence-corrected chi connectivity index (χ4v) is 2.50. The van der Waals surface area contributed by atoms with Crippen LogP contribution in [0.15, 0.2) is 54.8 Å². The molecule has 1 fully saturated rings. The zero-order valence-corrected chi connectivity index (χ0v) is 12.5. The normalized spacial score (nSPS) is 31.0. The molecule has 1 aromatic carbocycles. The number of fused-ring (bicyclic) bond motifs is 1. The van der Waals surface area contributed by atoms with Crippen LogP contribution in [0.3, 0.4) is 0 Å². The molecule has 0 bridgehead atoms. The zero-order valence-electron chi connectivity index (χ0n) is 12.5. The van der Waals surface area contributed by atoms with E-state index in [1.165, 1.54) is 0 Å². The Morgan fingerprint density at radius 2 is 2.09 bits per heavy atom. The Kier molecular flexibility index (Phi) is 4.90. The lowest BCUT2D eigenvalue weighted by Gasteiger charge is -2.40. The third kappa shape index (κ3) is 3.23. The summed E-state index contributed by atoms with van der Waals surface area (Å²) in [6, 6.07) is 9.84. The van der Waals surface area contributed by atoms with Gasteiger partial charge in [-0.2, -0.15) is 0 Å². The van der Waals surface area contributed by atoms with Gasteiger partial charge in [-0.05, 0) is 6.08 Å². The van der Waals surface area contributed by atoms with Gasteiger partial charge in [-0.15, -0.1) is 0 Å². The third-order valence-electron chi connectivity index (χ3n) is 3.57. The van der Waals surface area contributed by atoms with E-state index in [0.717, 1.165) is 5.56 Å². The van der Waals surface area contributed by atoms with Crippen molar-refractivity contribution in [2.45, 2.75) is 24.8 Å². The van der Waals surface area contributed by atoms with E-state index >= 15 is 0 Å². The summed E-state index contributed by atoms with van der Waals surface area (Å²) in [6.45, 7) is 4.48. The van der Waals surface area contributed by atoms with Crippen LogP contribution in [0.25, 0.3) is 0 Å². The second-order valence-electron chi connectivity index (χ2n) is 5.09. The van der Waals surface area contributed by atoms with E-state index in [4.69, 9.17) is 23.7 Å². The molecule has 5 nitrogen and oxygen atoms in total. The molecule has 1 unspecified atom stereocenters. The highest BCUT2D eigenvalue weighted by molar-refractivity contribution is 5.17. The Labute approximate surface area is 130 Å². The van der Waals surface area contributed by atoms with Crippen LogP contribution < -0.4 is 0 Å². The number of hydrogen-bond donors (Lipinski definition) is 0. The minimum Gasteiger partial charge on any atom is -0.489 e. The maximum absolute atomic E-state index is 5.99. The van der Waals surface area contributed by atoms with Crippen LogP contribution in [-0.2, 0) is 23.7 Å². The predicted octanol–water partition coefficient (Wildman–Crippen LogP) is 2.56. The summed E-state index contributed by atoms with van der Waals surface area (Å²) >= 11 is 0. The average molecular weight is 304 g/mol. The van der Waals surface area contributed by atoms with Crippen LogP contribution in [0, 0.1) is 0 Å². The first kappa shape index (κ1) is 15.2. The van der Waals surface area contributed by atoms with Crippen molar-refractivity contribution in [2.24, 2.45) is 0 Å². The largest absolute Gasteiger partial charge is 0.489 e. The minimum atomic E-state index is -0.540. The van der Waals surface area contributed by atoms with Crippen LogP contribution in [-0.4, -0.2) is 38.8 Å². The Morgan fingerprint density at radius 1 is 1.27 bits per heavy atom. The number of ether oxygens (including phenoxy) is 5. The van der Waals surface area contributed by atoms with Crippen molar-refractivity contribution < 1.29 is 23.7 Å². The van der Waals surface area contributed by atoms with Crippen molar-refractivity contribution in [3.8, 4) is 0 Å². The molecule has 2 aliphatic rings. The van der Waals surface area contributed by atoms with E-state index in [1.807, 2.05) is 36.4 Å². The Bertz CT molecular complexity index is 527.